The van der Waals surface area contributed by atoms with Crippen molar-refractivity contribution >= 4 is 11.8 Å². The van der Waals surface area contributed by atoms with Gasteiger partial charge >= 0.3 is 12.3 Å². The van der Waals surface area contributed by atoms with Gasteiger partial charge in [0.05, 0.1) is 6.42 Å². The first-order valence-electron chi connectivity index (χ1n) is 6.99. The van der Waals surface area contributed by atoms with Gasteiger partial charge in [0.1, 0.15) is 17.1 Å². The third-order valence-electron chi connectivity index (χ3n) is 3.19. The first kappa shape index (κ1) is 18.2. The highest BCUT2D eigenvalue weighted by Crippen LogP contribution is 2.40. The van der Waals surface area contributed by atoms with Crippen molar-refractivity contribution in [2.24, 2.45) is 5.10 Å². The summed E-state index contributed by atoms with van der Waals surface area (Å²) in [5, 5.41) is 14.1. The van der Waals surface area contributed by atoms with E-state index in [9.17, 15) is 27.5 Å². The summed E-state index contributed by atoms with van der Waals surface area (Å²) in [6.07, 6.45) is -7.06. The molecule has 1 amide bonds. The van der Waals surface area contributed by atoms with Crippen LogP contribution in [0.1, 0.15) is 32.8 Å². The maximum Gasteiger partial charge on any atom is 0.433 e. The molecule has 0 unspecified atom stereocenters. The predicted octanol–water partition coefficient (Wildman–Crippen LogP) is 3.53. The highest BCUT2D eigenvalue weighted by molar-refractivity contribution is 5.93. The monoisotopic (exact) mass is 348 g/mol. The molecule has 0 saturated heterocycles. The lowest BCUT2D eigenvalue weighted by Gasteiger charge is -2.32. The number of ether oxygens (including phenoxy) is 1. The maximum absolute atomic E-state index is 13.0. The van der Waals surface area contributed by atoms with Gasteiger partial charge in [-0.15, -0.1) is 0 Å². The predicted molar refractivity (Wildman–Crippen MR) is 76.5 cm³/mol. The number of halogens is 4. The van der Waals surface area contributed by atoms with E-state index in [1.807, 2.05) is 0 Å². The Bertz CT molecular complexity index is 665. The van der Waals surface area contributed by atoms with E-state index in [1.165, 1.54) is 20.8 Å². The molecule has 1 heterocycles. The van der Waals surface area contributed by atoms with Gasteiger partial charge < -0.3 is 9.84 Å². The lowest BCUT2D eigenvalue weighted by Crippen LogP contribution is -2.45. The Hall–Kier alpha value is -2.16. The summed E-state index contributed by atoms with van der Waals surface area (Å²) in [5.74, 6) is -0.638. The molecule has 1 aromatic rings. The van der Waals surface area contributed by atoms with Crippen LogP contribution in [0.4, 0.5) is 22.4 Å². The van der Waals surface area contributed by atoms with Crippen LogP contribution >= 0.6 is 0 Å². The Morgan fingerprint density at radius 3 is 2.25 bits per heavy atom. The molecule has 1 aliphatic heterocycles. The van der Waals surface area contributed by atoms with Crippen molar-refractivity contribution < 1.29 is 32.2 Å². The molecule has 0 bridgehead atoms. The van der Waals surface area contributed by atoms with Crippen molar-refractivity contribution in [2.75, 3.05) is 0 Å². The Morgan fingerprint density at radius 1 is 1.25 bits per heavy atom. The van der Waals surface area contributed by atoms with E-state index in [2.05, 4.69) is 5.10 Å². The fraction of sp³-hybridized carbons (Fsp3) is 0.467. The molecule has 0 radical (unpaired) electrons. The molecule has 1 aromatic carbocycles. The summed E-state index contributed by atoms with van der Waals surface area (Å²) in [5.41, 5.74) is -4.86. The minimum absolute atomic E-state index is 0.113. The second-order valence-corrected chi connectivity index (χ2v) is 6.34. The molecule has 1 N–H and O–H groups in total. The second kappa shape index (κ2) is 5.73. The number of alkyl halides is 3. The zero-order valence-electron chi connectivity index (χ0n) is 13.2. The average molecular weight is 348 g/mol. The van der Waals surface area contributed by atoms with Crippen molar-refractivity contribution in [1.82, 2.24) is 5.01 Å². The average Bonchev–Trinajstić information content (AvgIpc) is 2.76. The van der Waals surface area contributed by atoms with Crippen LogP contribution in [-0.4, -0.2) is 33.7 Å². The van der Waals surface area contributed by atoms with Gasteiger partial charge in [-0.3, -0.25) is 0 Å². The molecule has 0 spiro atoms. The highest BCUT2D eigenvalue weighted by atomic mass is 19.4. The SMILES string of the molecule is CC(C)(C)OC(=O)N1N=C(C(F)(F)F)C[C@]1(O)c1ccc(F)cc1. The van der Waals surface area contributed by atoms with Crippen molar-refractivity contribution in [1.29, 1.82) is 0 Å². The van der Waals surface area contributed by atoms with Crippen LogP contribution in [0.25, 0.3) is 0 Å². The summed E-state index contributed by atoms with van der Waals surface area (Å²) < 4.78 is 57.0. The lowest BCUT2D eigenvalue weighted by atomic mass is 9.97. The van der Waals surface area contributed by atoms with Crippen LogP contribution in [0.3, 0.4) is 0 Å². The van der Waals surface area contributed by atoms with Gasteiger partial charge in [-0.1, -0.05) is 12.1 Å². The normalized spacial score (nSPS) is 21.7. The number of hydrogen-bond acceptors (Lipinski definition) is 4. The number of amides is 1. The first-order valence-corrected chi connectivity index (χ1v) is 6.99. The summed E-state index contributed by atoms with van der Waals surface area (Å²) >= 11 is 0. The number of carbonyl (C=O) groups excluding carboxylic acids is 1. The van der Waals surface area contributed by atoms with E-state index in [0.717, 1.165) is 24.3 Å². The van der Waals surface area contributed by atoms with Gasteiger partial charge in [-0.25, -0.2) is 9.18 Å². The molecule has 1 aliphatic rings. The smallest absolute Gasteiger partial charge is 0.433 e. The fourth-order valence-electron chi connectivity index (χ4n) is 2.14. The largest absolute Gasteiger partial charge is 0.442 e. The van der Waals surface area contributed by atoms with Crippen LogP contribution in [0.2, 0.25) is 0 Å². The molecular weight excluding hydrogens is 332 g/mol. The van der Waals surface area contributed by atoms with Gasteiger partial charge in [0.25, 0.3) is 0 Å². The molecule has 2 rings (SSSR count). The van der Waals surface area contributed by atoms with Gasteiger partial charge in [0.15, 0.2) is 5.72 Å². The highest BCUT2D eigenvalue weighted by Gasteiger charge is 2.54. The molecule has 24 heavy (non-hydrogen) atoms. The van der Waals surface area contributed by atoms with Gasteiger partial charge in [0, 0.05) is 5.56 Å². The number of hydrazone groups is 1. The topological polar surface area (TPSA) is 62.1 Å². The van der Waals surface area contributed by atoms with Gasteiger partial charge in [-0.05, 0) is 32.9 Å². The molecule has 5 nitrogen and oxygen atoms in total. The zero-order valence-corrected chi connectivity index (χ0v) is 13.2. The number of benzene rings is 1. The molecule has 0 aromatic heterocycles. The standard InChI is InChI=1S/C15H16F4N2O3/c1-13(2,3)24-12(22)21-14(23,8-11(20-21)15(17,18)19)9-4-6-10(16)7-5-9/h4-7,23H,8H2,1-3H3/t14-/m0/s1. The van der Waals surface area contributed by atoms with Crippen molar-refractivity contribution in [2.45, 2.75) is 44.7 Å². The summed E-state index contributed by atoms with van der Waals surface area (Å²) in [4.78, 5) is 12.2. The van der Waals surface area contributed by atoms with E-state index in [-0.39, 0.29) is 10.6 Å². The molecule has 0 aliphatic carbocycles. The summed E-state index contributed by atoms with van der Waals surface area (Å²) in [7, 11) is 0. The number of aliphatic hydroxyl groups is 1. The minimum Gasteiger partial charge on any atom is -0.442 e. The third-order valence-corrected chi connectivity index (χ3v) is 3.19. The molecule has 9 heteroatoms. The first-order chi connectivity index (χ1) is 10.8. The van der Waals surface area contributed by atoms with Crippen LogP contribution in [0.15, 0.2) is 29.4 Å². The number of rotatable bonds is 1. The Labute approximate surface area is 135 Å². The molecule has 0 fully saturated rings. The maximum atomic E-state index is 13.0. The van der Waals surface area contributed by atoms with E-state index >= 15 is 0 Å². The summed E-state index contributed by atoms with van der Waals surface area (Å²) in [6, 6.07) is 4.10. The fourth-order valence-corrected chi connectivity index (χ4v) is 2.14. The van der Waals surface area contributed by atoms with Crippen molar-refractivity contribution in [3.8, 4) is 0 Å². The van der Waals surface area contributed by atoms with Crippen molar-refractivity contribution in [3.63, 3.8) is 0 Å². The van der Waals surface area contributed by atoms with E-state index in [1.54, 1.807) is 0 Å². The summed E-state index contributed by atoms with van der Waals surface area (Å²) in [6.45, 7) is 4.56. The van der Waals surface area contributed by atoms with E-state index in [4.69, 9.17) is 4.74 Å². The lowest BCUT2D eigenvalue weighted by molar-refractivity contribution is -0.0995. The molecule has 0 saturated carbocycles. The number of nitrogens with zero attached hydrogens (tertiary/aromatic N) is 2. The quantitative estimate of drug-likeness (QED) is 0.790. The van der Waals surface area contributed by atoms with Crippen LogP contribution < -0.4 is 0 Å². The zero-order chi connectivity index (χ0) is 18.3. The van der Waals surface area contributed by atoms with Gasteiger partial charge in [-0.2, -0.15) is 23.3 Å². The molecule has 1 atom stereocenters. The molecule has 132 valence electrons. The van der Waals surface area contributed by atoms with E-state index in [0.29, 0.717) is 0 Å². The second-order valence-electron chi connectivity index (χ2n) is 6.34. The van der Waals surface area contributed by atoms with Crippen LogP contribution in [-0.2, 0) is 10.5 Å². The Morgan fingerprint density at radius 2 is 1.79 bits per heavy atom. The van der Waals surface area contributed by atoms with E-state index < -0.39 is 41.5 Å². The van der Waals surface area contributed by atoms with Gasteiger partial charge in [0.2, 0.25) is 0 Å². The van der Waals surface area contributed by atoms with Crippen LogP contribution in [0.5, 0.6) is 0 Å². The van der Waals surface area contributed by atoms with Crippen molar-refractivity contribution in [3.05, 3.63) is 35.6 Å². The molecular formula is C15H16F4N2O3. The number of carbonyl (C=O) groups is 1. The Balaban J connectivity index is 2.45. The van der Waals surface area contributed by atoms with Crippen LogP contribution in [0, 0.1) is 5.82 Å². The number of hydrogen-bond donors (Lipinski definition) is 1. The minimum atomic E-state index is -4.83. The Kier molecular flexibility index (Phi) is 4.34. The third kappa shape index (κ3) is 3.66.